The topological polar surface area (TPSA) is 160 Å². The van der Waals surface area contributed by atoms with Gasteiger partial charge in [0, 0.05) is 30.5 Å². The first-order valence-electron chi connectivity index (χ1n) is 13.2. The zero-order valence-electron chi connectivity index (χ0n) is 24.2. The maximum Gasteiger partial charge on any atom is 0.457 e. The van der Waals surface area contributed by atoms with Crippen molar-refractivity contribution in [2.24, 2.45) is 11.0 Å². The minimum Gasteiger partial charge on any atom is -0.460 e. The fourth-order valence-corrected chi connectivity index (χ4v) is 6.28. The highest BCUT2D eigenvalue weighted by Crippen LogP contribution is 2.40. The number of carbonyl (C=O) groups excluding carboxylic acids is 2. The van der Waals surface area contributed by atoms with Gasteiger partial charge < -0.3 is 14.0 Å². The molecule has 2 aliphatic heterocycles. The Hall–Kier alpha value is -1.70. The van der Waals surface area contributed by atoms with E-state index in [9.17, 15) is 23.5 Å². The summed E-state index contributed by atoms with van der Waals surface area (Å²) in [6.45, 7) is 15.9. The summed E-state index contributed by atoms with van der Waals surface area (Å²) in [4.78, 5) is 27.7. The quantitative estimate of drug-likeness (QED) is 0.126. The smallest absolute Gasteiger partial charge is 0.457 e. The van der Waals surface area contributed by atoms with E-state index < -0.39 is 57.6 Å². The monoisotopic (exact) mass is 557 g/mol. The van der Waals surface area contributed by atoms with Crippen LogP contribution in [0.2, 0.25) is 6.32 Å². The average molecular weight is 558 g/mol. The van der Waals surface area contributed by atoms with Gasteiger partial charge in [0.05, 0.1) is 11.2 Å². The number of hydrogen-bond donors (Lipinski definition) is 1. The zero-order valence-corrected chi connectivity index (χ0v) is 25.1. The fraction of sp³-hybridized carbons (Fsp3) is 0.917. The summed E-state index contributed by atoms with van der Waals surface area (Å²) >= 11 is 0. The maximum absolute atomic E-state index is 13.2. The second-order valence-corrected chi connectivity index (χ2v) is 14.1. The SMILES string of the molecule is CC(=O)[C@]1(N=[N+]=[N-])CN(S(=O)(=O)N[C@H](C)CCC(=O)OC(C)(C)C)C[C@@H]1CCCB1OC(C)(C)C(C)(C)O1. The Bertz CT molecular complexity index is 1020. The third-order valence-electron chi connectivity index (χ3n) is 7.54. The first-order chi connectivity index (χ1) is 17.2. The molecule has 0 amide bonds. The number of esters is 1. The van der Waals surface area contributed by atoms with Crippen molar-refractivity contribution in [3.63, 3.8) is 0 Å². The van der Waals surface area contributed by atoms with E-state index in [0.717, 1.165) is 4.31 Å². The van der Waals surface area contributed by atoms with Gasteiger partial charge in [-0.2, -0.15) is 17.4 Å². The second-order valence-electron chi connectivity index (χ2n) is 12.4. The van der Waals surface area contributed by atoms with Crippen LogP contribution < -0.4 is 4.72 Å². The molecule has 0 aromatic carbocycles. The van der Waals surface area contributed by atoms with Gasteiger partial charge in [-0.05, 0) is 92.9 Å². The molecule has 12 nitrogen and oxygen atoms in total. The molecule has 2 saturated heterocycles. The molecule has 0 aromatic heterocycles. The van der Waals surface area contributed by atoms with E-state index in [1.165, 1.54) is 6.92 Å². The van der Waals surface area contributed by atoms with E-state index in [1.807, 2.05) is 27.7 Å². The number of rotatable bonds is 12. The number of nitrogens with zero attached hydrogens (tertiary/aromatic N) is 4. The van der Waals surface area contributed by atoms with Gasteiger partial charge in [-0.15, -0.1) is 0 Å². The number of nitrogens with one attached hydrogen (secondary N) is 1. The van der Waals surface area contributed by atoms with Crippen LogP contribution in [0.3, 0.4) is 0 Å². The Morgan fingerprint density at radius 1 is 1.24 bits per heavy atom. The fourth-order valence-electron chi connectivity index (χ4n) is 4.76. The minimum atomic E-state index is -4.02. The van der Waals surface area contributed by atoms with E-state index in [4.69, 9.17) is 14.0 Å². The molecule has 14 heteroatoms. The van der Waals surface area contributed by atoms with Crippen molar-refractivity contribution >= 4 is 29.1 Å². The summed E-state index contributed by atoms with van der Waals surface area (Å²) in [6.07, 6.45) is 1.89. The first-order valence-corrected chi connectivity index (χ1v) is 14.6. The molecule has 0 bridgehead atoms. The summed E-state index contributed by atoms with van der Waals surface area (Å²) in [6, 6.07) is -0.555. The lowest BCUT2D eigenvalue weighted by atomic mass is 9.77. The van der Waals surface area contributed by atoms with Crippen molar-refractivity contribution in [2.75, 3.05) is 13.1 Å². The number of azide groups is 1. The van der Waals surface area contributed by atoms with Gasteiger partial charge in [-0.1, -0.05) is 11.5 Å². The molecule has 2 rings (SSSR count). The summed E-state index contributed by atoms with van der Waals surface area (Å²) in [5.41, 5.74) is 6.20. The van der Waals surface area contributed by atoms with Crippen LogP contribution in [-0.4, -0.2) is 73.1 Å². The summed E-state index contributed by atoms with van der Waals surface area (Å²) in [5, 5.41) is 3.84. The standard InChI is InChI=1S/C24H44BN5O7S/c1-17(12-13-20(32)35-21(3,4)5)27-38(33,34)30-15-19(24(16-30,18(2)31)28-29-26)11-10-14-25-36-22(6,7)23(8,9)37-25/h17,19,27H,10-16H2,1-9H3/t17-,19+,24-/m1/s1. The molecule has 0 aliphatic carbocycles. The first kappa shape index (κ1) is 32.5. The molecule has 0 spiro atoms. The van der Waals surface area contributed by atoms with Crippen LogP contribution in [0.15, 0.2) is 5.11 Å². The highest BCUT2D eigenvalue weighted by molar-refractivity contribution is 7.87. The Kier molecular flexibility index (Phi) is 10.1. The minimum absolute atomic E-state index is 0.0239. The third kappa shape index (κ3) is 7.92. The lowest BCUT2D eigenvalue weighted by molar-refractivity contribution is -0.155. The van der Waals surface area contributed by atoms with E-state index in [0.29, 0.717) is 19.2 Å². The predicted molar refractivity (Wildman–Crippen MR) is 144 cm³/mol. The largest absolute Gasteiger partial charge is 0.460 e. The van der Waals surface area contributed by atoms with Crippen LogP contribution in [0, 0.1) is 5.92 Å². The van der Waals surface area contributed by atoms with Gasteiger partial charge in [0.25, 0.3) is 10.2 Å². The molecule has 2 aliphatic rings. The molecular formula is C24H44BN5O7S. The molecule has 0 radical (unpaired) electrons. The van der Waals surface area contributed by atoms with Crippen LogP contribution >= 0.6 is 0 Å². The Labute approximate surface area is 227 Å². The molecule has 1 N–H and O–H groups in total. The van der Waals surface area contributed by atoms with E-state index in [2.05, 4.69) is 14.7 Å². The van der Waals surface area contributed by atoms with Crippen LogP contribution in [0.4, 0.5) is 0 Å². The van der Waals surface area contributed by atoms with E-state index in [1.54, 1.807) is 27.7 Å². The van der Waals surface area contributed by atoms with Crippen LogP contribution in [0.5, 0.6) is 0 Å². The highest BCUT2D eigenvalue weighted by atomic mass is 32.2. The normalized spacial score (nSPS) is 26.1. The number of ether oxygens (including phenoxy) is 1. The molecule has 3 atom stereocenters. The van der Waals surface area contributed by atoms with Crippen molar-refractivity contribution in [1.82, 2.24) is 9.03 Å². The van der Waals surface area contributed by atoms with Gasteiger partial charge in [0.15, 0.2) is 0 Å². The summed E-state index contributed by atoms with van der Waals surface area (Å²) in [5.74, 6) is -1.30. The van der Waals surface area contributed by atoms with Gasteiger partial charge in [0.1, 0.15) is 16.9 Å². The lowest BCUT2D eigenvalue weighted by Gasteiger charge is -2.32. The number of ketones is 1. The van der Waals surface area contributed by atoms with Crippen molar-refractivity contribution in [1.29, 1.82) is 0 Å². The zero-order chi connectivity index (χ0) is 29.2. The highest BCUT2D eigenvalue weighted by Gasteiger charge is 2.54. The van der Waals surface area contributed by atoms with Crippen molar-refractivity contribution in [3.05, 3.63) is 10.4 Å². The molecule has 2 fully saturated rings. The summed E-state index contributed by atoms with van der Waals surface area (Å²) in [7, 11) is -4.44. The number of Topliss-reactive ketones (excluding diaryl/α,β-unsaturated/α-hetero) is 1. The Morgan fingerprint density at radius 3 is 2.32 bits per heavy atom. The van der Waals surface area contributed by atoms with E-state index >= 15 is 0 Å². The van der Waals surface area contributed by atoms with E-state index in [-0.39, 0.29) is 31.7 Å². The molecular weight excluding hydrogens is 513 g/mol. The third-order valence-corrected chi connectivity index (χ3v) is 9.19. The number of hydrogen-bond acceptors (Lipinski definition) is 8. The Balaban J connectivity index is 2.06. The maximum atomic E-state index is 13.2. The number of carbonyl (C=O) groups is 2. The van der Waals surface area contributed by atoms with Crippen molar-refractivity contribution < 1.29 is 32.1 Å². The van der Waals surface area contributed by atoms with Gasteiger partial charge >= 0.3 is 13.1 Å². The molecule has 2 heterocycles. The second kappa shape index (κ2) is 11.8. The molecule has 0 aromatic rings. The molecule has 0 saturated carbocycles. The lowest BCUT2D eigenvalue weighted by Crippen LogP contribution is -2.47. The summed E-state index contributed by atoms with van der Waals surface area (Å²) < 4.78 is 47.5. The van der Waals surface area contributed by atoms with Crippen LogP contribution in [0.1, 0.15) is 88.0 Å². The average Bonchev–Trinajstić information content (AvgIpc) is 3.20. The van der Waals surface area contributed by atoms with Crippen molar-refractivity contribution in [2.45, 2.75) is 123 Å². The van der Waals surface area contributed by atoms with Gasteiger partial charge in [-0.25, -0.2) is 0 Å². The van der Waals surface area contributed by atoms with Crippen molar-refractivity contribution in [3.8, 4) is 0 Å². The molecule has 38 heavy (non-hydrogen) atoms. The molecule has 0 unspecified atom stereocenters. The van der Waals surface area contributed by atoms with Gasteiger partial charge in [0.2, 0.25) is 0 Å². The molecule has 216 valence electrons. The predicted octanol–water partition coefficient (Wildman–Crippen LogP) is 3.77. The van der Waals surface area contributed by atoms with Gasteiger partial charge in [-0.3, -0.25) is 9.59 Å². The van der Waals surface area contributed by atoms with Crippen LogP contribution in [0.25, 0.3) is 10.4 Å². The Morgan fingerprint density at radius 2 is 1.82 bits per heavy atom. The van der Waals surface area contributed by atoms with Crippen LogP contribution in [-0.2, 0) is 33.8 Å².